The average molecular weight is 238 g/mol. The fraction of sp³-hybridized carbons (Fsp3) is 0.385. The van der Waals surface area contributed by atoms with Crippen LogP contribution in [0.5, 0.6) is 0 Å². The van der Waals surface area contributed by atoms with Gasteiger partial charge in [0.05, 0.1) is 5.56 Å². The van der Waals surface area contributed by atoms with E-state index in [1.165, 1.54) is 6.07 Å². The molecular formula is C13H19FN2O. The second-order valence-electron chi connectivity index (χ2n) is 2.80. The molecule has 0 aliphatic heterocycles. The highest BCUT2D eigenvalue weighted by molar-refractivity contribution is 5.77. The Kier molecular flexibility index (Phi) is 6.79. The zero-order valence-electron chi connectivity index (χ0n) is 11.0. The van der Waals surface area contributed by atoms with Gasteiger partial charge in [-0.1, -0.05) is 27.7 Å². The van der Waals surface area contributed by atoms with E-state index in [9.17, 15) is 9.18 Å². The van der Waals surface area contributed by atoms with Gasteiger partial charge in [0.15, 0.2) is 17.8 Å². The Bertz CT molecular complexity index is 477. The highest BCUT2D eigenvalue weighted by Gasteiger charge is 2.08. The maximum absolute atomic E-state index is 13.4. The van der Waals surface area contributed by atoms with E-state index >= 15 is 0 Å². The maximum Gasteiger partial charge on any atom is 0.176 e. The summed E-state index contributed by atoms with van der Waals surface area (Å²) in [4.78, 5) is 14.3. The third-order valence-corrected chi connectivity index (χ3v) is 1.96. The summed E-state index contributed by atoms with van der Waals surface area (Å²) in [6, 6.07) is 1.43. The minimum absolute atomic E-state index is 0.0399. The van der Waals surface area contributed by atoms with Crippen molar-refractivity contribution >= 4 is 11.9 Å². The average Bonchev–Trinajstić information content (AvgIpc) is 2.78. The predicted octanol–water partition coefficient (Wildman–Crippen LogP) is 3.65. The number of imidazole rings is 1. The lowest BCUT2D eigenvalue weighted by Gasteiger charge is -1.98. The lowest BCUT2D eigenvalue weighted by Crippen LogP contribution is -1.95. The van der Waals surface area contributed by atoms with E-state index in [2.05, 4.69) is 4.98 Å². The van der Waals surface area contributed by atoms with E-state index in [-0.39, 0.29) is 11.2 Å². The molecule has 2 heterocycles. The number of aldehydes is 1. The minimum Gasteiger partial charge on any atom is -0.302 e. The second kappa shape index (κ2) is 7.54. The largest absolute Gasteiger partial charge is 0.302 e. The maximum atomic E-state index is 13.4. The molecule has 0 unspecified atom stereocenters. The Morgan fingerprint density at radius 3 is 2.41 bits per heavy atom. The molecule has 0 radical (unpaired) electrons. The molecule has 2 rings (SSSR count). The number of hydrogen-bond donors (Lipinski definition) is 0. The molecule has 0 aliphatic carbocycles. The van der Waals surface area contributed by atoms with Crippen molar-refractivity contribution in [1.82, 2.24) is 9.38 Å². The van der Waals surface area contributed by atoms with E-state index in [0.717, 1.165) is 5.69 Å². The minimum atomic E-state index is -0.564. The third-order valence-electron chi connectivity index (χ3n) is 1.96. The molecule has 2 aromatic rings. The van der Waals surface area contributed by atoms with Crippen LogP contribution in [0.15, 0.2) is 18.5 Å². The number of hydrogen-bond acceptors (Lipinski definition) is 2. The van der Waals surface area contributed by atoms with Crippen LogP contribution >= 0.6 is 0 Å². The highest BCUT2D eigenvalue weighted by Crippen LogP contribution is 2.13. The van der Waals surface area contributed by atoms with Gasteiger partial charge in [-0.05, 0) is 13.0 Å². The summed E-state index contributed by atoms with van der Waals surface area (Å²) < 4.78 is 15.0. The Morgan fingerprint density at radius 2 is 1.88 bits per heavy atom. The van der Waals surface area contributed by atoms with Crippen molar-refractivity contribution < 1.29 is 9.18 Å². The number of aromatic nitrogens is 2. The Hall–Kier alpha value is -1.71. The topological polar surface area (TPSA) is 34.4 Å². The number of halogens is 1. The van der Waals surface area contributed by atoms with Crippen molar-refractivity contribution in [2.45, 2.75) is 34.6 Å². The van der Waals surface area contributed by atoms with Crippen LogP contribution in [0.25, 0.3) is 5.65 Å². The molecule has 0 saturated carbocycles. The quantitative estimate of drug-likeness (QED) is 0.711. The number of rotatable bonds is 1. The van der Waals surface area contributed by atoms with Crippen molar-refractivity contribution in [3.05, 3.63) is 35.5 Å². The molecule has 17 heavy (non-hydrogen) atoms. The van der Waals surface area contributed by atoms with Crippen LogP contribution in [-0.4, -0.2) is 15.7 Å². The van der Waals surface area contributed by atoms with E-state index in [4.69, 9.17) is 0 Å². The van der Waals surface area contributed by atoms with Gasteiger partial charge in [-0.2, -0.15) is 0 Å². The first kappa shape index (κ1) is 15.3. The molecule has 0 atom stereocenters. The summed E-state index contributed by atoms with van der Waals surface area (Å²) in [6.45, 7) is 9.82. The summed E-state index contributed by atoms with van der Waals surface area (Å²) in [5.41, 5.74) is 1.08. The van der Waals surface area contributed by atoms with Crippen molar-refractivity contribution in [2.75, 3.05) is 0 Å². The molecule has 0 saturated heterocycles. The molecule has 3 nitrogen and oxygen atoms in total. The molecule has 0 spiro atoms. The molecule has 0 aromatic carbocycles. The van der Waals surface area contributed by atoms with E-state index in [1.807, 2.05) is 34.6 Å². The van der Waals surface area contributed by atoms with Gasteiger partial charge in [0.2, 0.25) is 0 Å². The Morgan fingerprint density at radius 1 is 1.29 bits per heavy atom. The molecular weight excluding hydrogens is 219 g/mol. The van der Waals surface area contributed by atoms with Crippen LogP contribution in [0.4, 0.5) is 4.39 Å². The van der Waals surface area contributed by atoms with Crippen LogP contribution in [-0.2, 0) is 0 Å². The fourth-order valence-corrected chi connectivity index (χ4v) is 1.24. The number of aryl methyl sites for hydroxylation is 1. The number of fused-ring (bicyclic) bond motifs is 1. The van der Waals surface area contributed by atoms with Crippen LogP contribution < -0.4 is 0 Å². The first-order chi connectivity index (χ1) is 8.24. The first-order valence-electron chi connectivity index (χ1n) is 5.81. The molecule has 0 bridgehead atoms. The molecule has 0 aliphatic rings. The zero-order chi connectivity index (χ0) is 13.4. The third kappa shape index (κ3) is 3.12. The first-order valence-corrected chi connectivity index (χ1v) is 5.81. The monoisotopic (exact) mass is 238 g/mol. The summed E-state index contributed by atoms with van der Waals surface area (Å²) in [5.74, 6) is -0.564. The summed E-state index contributed by atoms with van der Waals surface area (Å²) in [6.07, 6.45) is 3.68. The highest BCUT2D eigenvalue weighted by atomic mass is 19.1. The van der Waals surface area contributed by atoms with Gasteiger partial charge in [0, 0.05) is 18.1 Å². The van der Waals surface area contributed by atoms with Crippen molar-refractivity contribution in [3.8, 4) is 0 Å². The van der Waals surface area contributed by atoms with Crippen LogP contribution in [0.1, 0.15) is 43.7 Å². The number of carbonyl (C=O) groups is 1. The summed E-state index contributed by atoms with van der Waals surface area (Å²) in [5, 5.41) is 0. The van der Waals surface area contributed by atoms with E-state index in [0.29, 0.717) is 6.29 Å². The lowest BCUT2D eigenvalue weighted by molar-refractivity contribution is 0.112. The molecule has 94 valence electrons. The smallest absolute Gasteiger partial charge is 0.176 e. The summed E-state index contributed by atoms with van der Waals surface area (Å²) in [7, 11) is 0. The normalized spacial score (nSPS) is 8.82. The molecule has 4 heteroatoms. The Labute approximate surface area is 101 Å². The van der Waals surface area contributed by atoms with Crippen molar-refractivity contribution in [2.24, 2.45) is 0 Å². The lowest BCUT2D eigenvalue weighted by atomic mass is 10.3. The van der Waals surface area contributed by atoms with E-state index in [1.54, 1.807) is 16.8 Å². The van der Waals surface area contributed by atoms with Gasteiger partial charge >= 0.3 is 0 Å². The van der Waals surface area contributed by atoms with Gasteiger partial charge in [-0.3, -0.25) is 4.79 Å². The Balaban J connectivity index is 0.000000581. The standard InChI is InChI=1S/C9H7FN2O.2C2H6/c1-6-4-11-9-8(10)7(5-13)2-3-12(6)9;2*1-2/h2-5H,1H3;2*1-2H3. The molecule has 0 amide bonds. The van der Waals surface area contributed by atoms with Gasteiger partial charge < -0.3 is 4.40 Å². The zero-order valence-corrected chi connectivity index (χ0v) is 11.0. The molecule has 0 N–H and O–H groups in total. The fourth-order valence-electron chi connectivity index (χ4n) is 1.24. The van der Waals surface area contributed by atoms with Gasteiger partial charge in [0.1, 0.15) is 0 Å². The van der Waals surface area contributed by atoms with Gasteiger partial charge in [0.25, 0.3) is 0 Å². The number of carbonyl (C=O) groups excluding carboxylic acids is 1. The van der Waals surface area contributed by atoms with Crippen LogP contribution in [0, 0.1) is 12.7 Å². The van der Waals surface area contributed by atoms with Gasteiger partial charge in [-0.25, -0.2) is 9.37 Å². The molecule has 2 aromatic heterocycles. The number of nitrogens with zero attached hydrogens (tertiary/aromatic N) is 2. The van der Waals surface area contributed by atoms with Crippen molar-refractivity contribution in [1.29, 1.82) is 0 Å². The number of pyridine rings is 1. The molecule has 0 fully saturated rings. The SMILES string of the molecule is CC.CC.Cc1cnc2c(F)c(C=O)ccn12. The van der Waals surface area contributed by atoms with Crippen molar-refractivity contribution in [3.63, 3.8) is 0 Å². The summed E-state index contributed by atoms with van der Waals surface area (Å²) >= 11 is 0. The van der Waals surface area contributed by atoms with Gasteiger partial charge in [-0.15, -0.1) is 0 Å². The van der Waals surface area contributed by atoms with Crippen LogP contribution in [0.2, 0.25) is 0 Å². The predicted molar refractivity (Wildman–Crippen MR) is 68.0 cm³/mol. The van der Waals surface area contributed by atoms with E-state index < -0.39 is 5.82 Å². The van der Waals surface area contributed by atoms with Crippen LogP contribution in [0.3, 0.4) is 0 Å². The second-order valence-corrected chi connectivity index (χ2v) is 2.80.